The minimum Gasteiger partial charge on any atom is -0.359 e. The molecule has 0 bridgehead atoms. The maximum atomic E-state index is 3.92. The van der Waals surface area contributed by atoms with E-state index in [1.807, 2.05) is 0 Å². The molecular weight excluding hydrogens is 376 g/mol. The monoisotopic (exact) mass is 408 g/mol. The molecule has 3 aromatic rings. The molecule has 2 heterocycles. The number of nitrogens with zero attached hydrogens (tertiary/aromatic N) is 1. The van der Waals surface area contributed by atoms with Crippen molar-refractivity contribution in [2.75, 3.05) is 4.90 Å². The molecule has 2 nitrogen and oxygen atoms in total. The number of benzene rings is 3. The van der Waals surface area contributed by atoms with Gasteiger partial charge in [0.25, 0.3) is 0 Å². The summed E-state index contributed by atoms with van der Waals surface area (Å²) in [5, 5.41) is 3.92. The van der Waals surface area contributed by atoms with Crippen molar-refractivity contribution in [2.24, 2.45) is 11.8 Å². The average molecular weight is 409 g/mol. The summed E-state index contributed by atoms with van der Waals surface area (Å²) in [5.41, 5.74) is 10.8. The molecule has 0 fully saturated rings. The van der Waals surface area contributed by atoms with Crippen molar-refractivity contribution in [1.29, 1.82) is 0 Å². The van der Waals surface area contributed by atoms with Crippen LogP contribution in [0.25, 0.3) is 16.8 Å². The second-order valence-corrected chi connectivity index (χ2v) is 9.75. The summed E-state index contributed by atoms with van der Waals surface area (Å²) in [6.07, 6.45) is 4.68. The molecule has 2 aliphatic rings. The van der Waals surface area contributed by atoms with Crippen LogP contribution in [0.3, 0.4) is 0 Å². The van der Waals surface area contributed by atoms with E-state index in [0.29, 0.717) is 11.8 Å². The highest BCUT2D eigenvalue weighted by atomic mass is 15.3. The van der Waals surface area contributed by atoms with Gasteiger partial charge in [-0.3, -0.25) is 0 Å². The van der Waals surface area contributed by atoms with Crippen LogP contribution in [0.15, 0.2) is 72.9 Å². The molecule has 2 heteroatoms. The van der Waals surface area contributed by atoms with Crippen LogP contribution < -0.4 is 10.2 Å². The number of hydrogen-bond donors (Lipinski definition) is 1. The van der Waals surface area contributed by atoms with Crippen molar-refractivity contribution < 1.29 is 0 Å². The molecule has 1 N–H and O–H groups in total. The molecule has 1 unspecified atom stereocenters. The van der Waals surface area contributed by atoms with Gasteiger partial charge in [-0.1, -0.05) is 88.4 Å². The quantitative estimate of drug-likeness (QED) is 0.481. The second kappa shape index (κ2) is 7.92. The first-order chi connectivity index (χ1) is 15.0. The first-order valence-corrected chi connectivity index (χ1v) is 11.6. The summed E-state index contributed by atoms with van der Waals surface area (Å²) in [5.74, 6) is 1.25. The van der Waals surface area contributed by atoms with E-state index in [-0.39, 0.29) is 6.17 Å². The van der Waals surface area contributed by atoms with E-state index in [0.717, 1.165) is 12.8 Å². The molecule has 0 aliphatic carbocycles. The van der Waals surface area contributed by atoms with Gasteiger partial charge in [0.2, 0.25) is 0 Å². The highest BCUT2D eigenvalue weighted by Gasteiger charge is 2.35. The lowest BCUT2D eigenvalue weighted by atomic mass is 9.89. The van der Waals surface area contributed by atoms with E-state index in [1.54, 1.807) is 0 Å². The predicted molar refractivity (Wildman–Crippen MR) is 132 cm³/mol. The fourth-order valence-electron chi connectivity index (χ4n) is 5.17. The maximum Gasteiger partial charge on any atom is 0.130 e. The first-order valence-electron chi connectivity index (χ1n) is 11.6. The Balaban J connectivity index is 1.65. The van der Waals surface area contributed by atoms with Crippen molar-refractivity contribution >= 4 is 11.4 Å². The lowest BCUT2D eigenvalue weighted by molar-refractivity contribution is 0.630. The van der Waals surface area contributed by atoms with Crippen LogP contribution in [0.4, 0.5) is 5.69 Å². The Labute approximate surface area is 186 Å². The van der Waals surface area contributed by atoms with Gasteiger partial charge in [0.1, 0.15) is 6.17 Å². The smallest absolute Gasteiger partial charge is 0.130 e. The standard InChI is InChI=1S/C29H32N2/c1-19(2)16-21-10-9-11-22(17-20(3)4)28(21)26-18-31-27-15-8-7-13-24(27)23-12-5-6-14-25(23)29(31)30-26/h5-15,18-20,29-30H,16-17H2,1-4H3. The summed E-state index contributed by atoms with van der Waals surface area (Å²) >= 11 is 0. The third kappa shape index (κ3) is 3.54. The normalized spacial score (nSPS) is 16.6. The van der Waals surface area contributed by atoms with Crippen LogP contribution in [0.1, 0.15) is 56.1 Å². The van der Waals surface area contributed by atoms with Gasteiger partial charge in [0.15, 0.2) is 0 Å². The first kappa shape index (κ1) is 19.9. The van der Waals surface area contributed by atoms with Gasteiger partial charge in [-0.15, -0.1) is 0 Å². The number of hydrogen-bond acceptors (Lipinski definition) is 2. The SMILES string of the molecule is CC(C)Cc1cccc(CC(C)C)c1C1=CN2c3ccccc3-c3ccccc3C2N1. The van der Waals surface area contributed by atoms with Gasteiger partial charge in [0.05, 0.1) is 11.4 Å². The molecule has 158 valence electrons. The van der Waals surface area contributed by atoms with E-state index < -0.39 is 0 Å². The van der Waals surface area contributed by atoms with Gasteiger partial charge < -0.3 is 10.2 Å². The average Bonchev–Trinajstić information content (AvgIpc) is 3.19. The van der Waals surface area contributed by atoms with Crippen LogP contribution in [0, 0.1) is 11.8 Å². The van der Waals surface area contributed by atoms with Crippen LogP contribution in [0.2, 0.25) is 0 Å². The molecule has 0 aromatic heterocycles. The zero-order valence-corrected chi connectivity index (χ0v) is 19.0. The Hall–Kier alpha value is -3.00. The molecule has 3 aromatic carbocycles. The Bertz CT molecular complexity index is 1110. The van der Waals surface area contributed by atoms with Crippen LogP contribution in [0.5, 0.6) is 0 Å². The summed E-state index contributed by atoms with van der Waals surface area (Å²) in [6, 6.07) is 24.5. The molecular formula is C29H32N2. The highest BCUT2D eigenvalue weighted by Crippen LogP contribution is 2.47. The summed E-state index contributed by atoms with van der Waals surface area (Å²) in [4.78, 5) is 2.43. The number of nitrogens with one attached hydrogen (secondary N) is 1. The Morgan fingerprint density at radius 2 is 1.35 bits per heavy atom. The minimum absolute atomic E-state index is 0.139. The van der Waals surface area contributed by atoms with Gasteiger partial charge in [-0.25, -0.2) is 0 Å². The minimum atomic E-state index is 0.139. The van der Waals surface area contributed by atoms with Crippen molar-refractivity contribution in [3.05, 3.63) is 95.2 Å². The highest BCUT2D eigenvalue weighted by molar-refractivity contribution is 5.89. The van der Waals surface area contributed by atoms with Crippen molar-refractivity contribution in [3.63, 3.8) is 0 Å². The third-order valence-corrected chi connectivity index (χ3v) is 6.33. The molecule has 0 radical (unpaired) electrons. The summed E-state index contributed by atoms with van der Waals surface area (Å²) in [6.45, 7) is 9.24. The van der Waals surface area contributed by atoms with Gasteiger partial charge >= 0.3 is 0 Å². The number of anilines is 1. The van der Waals surface area contributed by atoms with Crippen LogP contribution >= 0.6 is 0 Å². The van der Waals surface area contributed by atoms with E-state index in [1.165, 1.54) is 44.8 Å². The largest absolute Gasteiger partial charge is 0.359 e. The lowest BCUT2D eigenvalue weighted by Gasteiger charge is -2.34. The fraction of sp³-hybridized carbons (Fsp3) is 0.310. The van der Waals surface area contributed by atoms with Crippen molar-refractivity contribution in [2.45, 2.75) is 46.7 Å². The maximum absolute atomic E-state index is 3.92. The fourth-order valence-corrected chi connectivity index (χ4v) is 5.17. The molecule has 0 saturated carbocycles. The van der Waals surface area contributed by atoms with Crippen molar-refractivity contribution in [3.8, 4) is 11.1 Å². The topological polar surface area (TPSA) is 15.3 Å². The summed E-state index contributed by atoms with van der Waals surface area (Å²) in [7, 11) is 0. The molecule has 0 saturated heterocycles. The zero-order chi connectivity index (χ0) is 21.5. The summed E-state index contributed by atoms with van der Waals surface area (Å²) < 4.78 is 0. The van der Waals surface area contributed by atoms with Gasteiger partial charge in [-0.2, -0.15) is 0 Å². The van der Waals surface area contributed by atoms with E-state index >= 15 is 0 Å². The third-order valence-electron chi connectivity index (χ3n) is 6.33. The lowest BCUT2D eigenvalue weighted by Crippen LogP contribution is -2.31. The van der Waals surface area contributed by atoms with Crippen LogP contribution in [-0.2, 0) is 12.8 Å². The zero-order valence-electron chi connectivity index (χ0n) is 19.0. The number of fused-ring (bicyclic) bond motifs is 6. The van der Waals surface area contributed by atoms with E-state index in [9.17, 15) is 0 Å². The van der Waals surface area contributed by atoms with Gasteiger partial charge in [0, 0.05) is 22.9 Å². The van der Waals surface area contributed by atoms with Crippen molar-refractivity contribution in [1.82, 2.24) is 5.32 Å². The van der Waals surface area contributed by atoms with Gasteiger partial charge in [-0.05, 0) is 47.4 Å². The molecule has 0 amide bonds. The predicted octanol–water partition coefficient (Wildman–Crippen LogP) is 7.17. The Morgan fingerprint density at radius 1 is 0.742 bits per heavy atom. The Kier molecular flexibility index (Phi) is 5.09. The molecule has 0 spiro atoms. The molecule has 31 heavy (non-hydrogen) atoms. The number of para-hydroxylation sites is 1. The van der Waals surface area contributed by atoms with Crippen LogP contribution in [-0.4, -0.2) is 0 Å². The molecule has 5 rings (SSSR count). The second-order valence-electron chi connectivity index (χ2n) is 9.75. The molecule has 2 aliphatic heterocycles. The Morgan fingerprint density at radius 3 is 2.03 bits per heavy atom. The van der Waals surface area contributed by atoms with E-state index in [2.05, 4.69) is 111 Å². The number of rotatable bonds is 5. The van der Waals surface area contributed by atoms with E-state index in [4.69, 9.17) is 0 Å². The molecule has 1 atom stereocenters.